The molecule has 0 spiro atoms. The molecule has 0 radical (unpaired) electrons. The van der Waals surface area contributed by atoms with Gasteiger partial charge in [-0.25, -0.2) is 0 Å². The highest BCUT2D eigenvalue weighted by Crippen LogP contribution is 2.39. The summed E-state index contributed by atoms with van der Waals surface area (Å²) in [6.45, 7) is 2.30. The number of carbonyl (C=O) groups is 1. The van der Waals surface area contributed by atoms with Gasteiger partial charge in [0.05, 0.1) is 7.11 Å². The number of hydrogen-bond acceptors (Lipinski definition) is 4. The number of nitrogens with one attached hydrogen (secondary N) is 1. The number of nitrogens with zero attached hydrogens (tertiary/aromatic N) is 1. The Morgan fingerprint density at radius 2 is 1.81 bits per heavy atom. The Kier molecular flexibility index (Phi) is 6.05. The lowest BCUT2D eigenvalue weighted by atomic mass is 9.93. The van der Waals surface area contributed by atoms with Crippen molar-refractivity contribution in [1.82, 2.24) is 5.32 Å². The SMILES string of the molecule is COc1ccc(C2=C/C(=C(\C#N)C(=O)NCc3ccccc3)c3cc(C)ccc3O2)cc1. The first-order valence-corrected chi connectivity index (χ1v) is 10.2. The van der Waals surface area contributed by atoms with Crippen molar-refractivity contribution in [1.29, 1.82) is 5.26 Å². The van der Waals surface area contributed by atoms with E-state index in [1.165, 1.54) is 0 Å². The zero-order chi connectivity index (χ0) is 22.5. The number of benzene rings is 3. The van der Waals surface area contributed by atoms with Crippen molar-refractivity contribution >= 4 is 17.2 Å². The molecular weight excluding hydrogens is 400 g/mol. The average Bonchev–Trinajstić information content (AvgIpc) is 2.84. The van der Waals surface area contributed by atoms with Gasteiger partial charge >= 0.3 is 0 Å². The monoisotopic (exact) mass is 422 g/mol. The third kappa shape index (κ3) is 4.40. The normalized spacial score (nSPS) is 13.7. The van der Waals surface area contributed by atoms with Gasteiger partial charge in [0.2, 0.25) is 0 Å². The van der Waals surface area contributed by atoms with Crippen LogP contribution in [0.15, 0.2) is 84.4 Å². The van der Waals surface area contributed by atoms with Crippen molar-refractivity contribution in [3.05, 3.63) is 107 Å². The van der Waals surface area contributed by atoms with E-state index in [4.69, 9.17) is 9.47 Å². The first-order valence-electron chi connectivity index (χ1n) is 10.2. The van der Waals surface area contributed by atoms with Crippen LogP contribution in [0.5, 0.6) is 11.5 Å². The van der Waals surface area contributed by atoms with Crippen LogP contribution < -0.4 is 14.8 Å². The van der Waals surface area contributed by atoms with E-state index in [0.29, 0.717) is 29.2 Å². The lowest BCUT2D eigenvalue weighted by molar-refractivity contribution is -0.117. The summed E-state index contributed by atoms with van der Waals surface area (Å²) in [6.07, 6.45) is 1.75. The number of amides is 1. The van der Waals surface area contributed by atoms with Crippen molar-refractivity contribution in [2.45, 2.75) is 13.5 Å². The summed E-state index contributed by atoms with van der Waals surface area (Å²) in [4.78, 5) is 13.0. The molecule has 0 unspecified atom stereocenters. The van der Waals surface area contributed by atoms with Crippen molar-refractivity contribution in [2.75, 3.05) is 7.11 Å². The molecule has 5 heteroatoms. The molecule has 0 saturated heterocycles. The van der Waals surface area contributed by atoms with E-state index in [-0.39, 0.29) is 5.57 Å². The second kappa shape index (κ2) is 9.23. The quantitative estimate of drug-likeness (QED) is 0.462. The van der Waals surface area contributed by atoms with Gasteiger partial charge in [-0.2, -0.15) is 5.26 Å². The van der Waals surface area contributed by atoms with Gasteiger partial charge in [-0.3, -0.25) is 4.79 Å². The van der Waals surface area contributed by atoms with E-state index in [0.717, 1.165) is 22.4 Å². The van der Waals surface area contributed by atoms with Crippen molar-refractivity contribution < 1.29 is 14.3 Å². The molecule has 3 aromatic carbocycles. The second-order valence-corrected chi connectivity index (χ2v) is 7.41. The van der Waals surface area contributed by atoms with E-state index in [9.17, 15) is 10.1 Å². The molecule has 0 aromatic heterocycles. The summed E-state index contributed by atoms with van der Waals surface area (Å²) in [5.41, 5.74) is 4.08. The maximum absolute atomic E-state index is 13.0. The fraction of sp³-hybridized carbons (Fsp3) is 0.111. The number of carbonyl (C=O) groups excluding carboxylic acids is 1. The maximum atomic E-state index is 13.0. The number of fused-ring (bicyclic) bond motifs is 1. The molecule has 1 aliphatic heterocycles. The minimum absolute atomic E-state index is 0.0436. The van der Waals surface area contributed by atoms with Gasteiger partial charge in [0.15, 0.2) is 0 Å². The van der Waals surface area contributed by atoms with Gasteiger partial charge in [-0.05, 0) is 55.0 Å². The number of rotatable bonds is 5. The number of hydrogen-bond donors (Lipinski definition) is 1. The van der Waals surface area contributed by atoms with Crippen molar-refractivity contribution in [3.8, 4) is 17.6 Å². The van der Waals surface area contributed by atoms with Crippen LogP contribution in [0.25, 0.3) is 11.3 Å². The molecule has 1 aliphatic rings. The highest BCUT2D eigenvalue weighted by Gasteiger charge is 2.24. The zero-order valence-corrected chi connectivity index (χ0v) is 17.9. The molecular formula is C27H22N2O3. The Morgan fingerprint density at radius 3 is 2.50 bits per heavy atom. The van der Waals surface area contributed by atoms with Gasteiger partial charge in [0, 0.05) is 23.2 Å². The van der Waals surface area contributed by atoms with Crippen molar-refractivity contribution in [3.63, 3.8) is 0 Å². The third-order valence-corrected chi connectivity index (χ3v) is 5.20. The maximum Gasteiger partial charge on any atom is 0.262 e. The van der Waals surface area contributed by atoms with Gasteiger partial charge < -0.3 is 14.8 Å². The standard InChI is InChI=1S/C27H22N2O3/c1-18-8-13-25-23(14-18)22(15-26(32-25)20-9-11-21(31-2)12-10-20)24(16-28)27(30)29-17-19-6-4-3-5-7-19/h3-15H,17H2,1-2H3,(H,29,30)/b24-22-. The highest BCUT2D eigenvalue weighted by molar-refractivity contribution is 6.09. The predicted molar refractivity (Wildman–Crippen MR) is 124 cm³/mol. The molecule has 0 atom stereocenters. The Bertz CT molecular complexity index is 1250. The van der Waals surface area contributed by atoms with Gasteiger partial charge in [-0.1, -0.05) is 42.0 Å². The Morgan fingerprint density at radius 1 is 1.06 bits per heavy atom. The topological polar surface area (TPSA) is 71.3 Å². The molecule has 0 saturated carbocycles. The Hall–Kier alpha value is -4.30. The van der Waals surface area contributed by atoms with Crippen LogP contribution in [-0.4, -0.2) is 13.0 Å². The number of ether oxygens (including phenoxy) is 2. The van der Waals surface area contributed by atoms with Gasteiger partial charge in [0.1, 0.15) is 28.9 Å². The van der Waals surface area contributed by atoms with Crippen LogP contribution in [-0.2, 0) is 11.3 Å². The molecule has 32 heavy (non-hydrogen) atoms. The van der Waals surface area contributed by atoms with E-state index >= 15 is 0 Å². The van der Waals surface area contributed by atoms with E-state index in [1.54, 1.807) is 13.2 Å². The molecule has 158 valence electrons. The Labute approximate surface area is 187 Å². The minimum atomic E-state index is -0.425. The van der Waals surface area contributed by atoms with Crippen molar-refractivity contribution in [2.24, 2.45) is 0 Å². The molecule has 1 heterocycles. The zero-order valence-electron chi connectivity index (χ0n) is 17.9. The first-order chi connectivity index (χ1) is 15.6. The smallest absolute Gasteiger partial charge is 0.262 e. The fourth-order valence-electron chi connectivity index (χ4n) is 3.50. The minimum Gasteiger partial charge on any atom is -0.497 e. The van der Waals surface area contributed by atoms with Gasteiger partial charge in [0.25, 0.3) is 5.91 Å². The average molecular weight is 422 g/mol. The van der Waals surface area contributed by atoms with Crippen LogP contribution in [0.1, 0.15) is 22.3 Å². The first kappa shape index (κ1) is 21.0. The molecule has 3 aromatic rings. The number of aryl methyl sites for hydroxylation is 1. The molecule has 0 bridgehead atoms. The molecule has 1 amide bonds. The summed E-state index contributed by atoms with van der Waals surface area (Å²) in [5.74, 6) is 1.46. The largest absolute Gasteiger partial charge is 0.497 e. The summed E-state index contributed by atoms with van der Waals surface area (Å²) in [7, 11) is 1.61. The van der Waals surface area contributed by atoms with Crippen LogP contribution in [0.2, 0.25) is 0 Å². The number of nitriles is 1. The summed E-state index contributed by atoms with van der Waals surface area (Å²) < 4.78 is 11.4. The lowest BCUT2D eigenvalue weighted by Crippen LogP contribution is -2.25. The second-order valence-electron chi connectivity index (χ2n) is 7.41. The summed E-state index contributed by atoms with van der Waals surface area (Å²) in [5, 5.41) is 12.8. The van der Waals surface area contributed by atoms with E-state index in [1.807, 2.05) is 79.7 Å². The molecule has 0 aliphatic carbocycles. The number of allylic oxidation sites excluding steroid dienone is 2. The van der Waals surface area contributed by atoms with E-state index in [2.05, 4.69) is 11.4 Å². The lowest BCUT2D eigenvalue weighted by Gasteiger charge is -2.22. The summed E-state index contributed by atoms with van der Waals surface area (Å²) >= 11 is 0. The van der Waals surface area contributed by atoms with Gasteiger partial charge in [-0.15, -0.1) is 0 Å². The predicted octanol–water partition coefficient (Wildman–Crippen LogP) is 5.03. The molecule has 0 fully saturated rings. The molecule has 4 rings (SSSR count). The molecule has 1 N–H and O–H groups in total. The van der Waals surface area contributed by atoms with Crippen LogP contribution in [0.4, 0.5) is 0 Å². The van der Waals surface area contributed by atoms with Crippen LogP contribution in [0.3, 0.4) is 0 Å². The summed E-state index contributed by atoms with van der Waals surface area (Å²) in [6, 6.07) is 24.8. The number of methoxy groups -OCH3 is 1. The third-order valence-electron chi connectivity index (χ3n) is 5.20. The van der Waals surface area contributed by atoms with E-state index < -0.39 is 5.91 Å². The van der Waals surface area contributed by atoms with Crippen LogP contribution >= 0.6 is 0 Å². The van der Waals surface area contributed by atoms with Crippen LogP contribution in [0, 0.1) is 18.3 Å². The molecule has 5 nitrogen and oxygen atoms in total. The highest BCUT2D eigenvalue weighted by atomic mass is 16.5. The Balaban J connectivity index is 1.75. The fourth-order valence-corrected chi connectivity index (χ4v) is 3.50.